The summed E-state index contributed by atoms with van der Waals surface area (Å²) in [4.78, 5) is 28.8. The highest BCUT2D eigenvalue weighted by molar-refractivity contribution is 6.31. The van der Waals surface area contributed by atoms with Crippen molar-refractivity contribution >= 4 is 35.2 Å². The van der Waals surface area contributed by atoms with Gasteiger partial charge in [-0.2, -0.15) is 18.2 Å². The van der Waals surface area contributed by atoms with Gasteiger partial charge in [0, 0.05) is 12.2 Å². The molecule has 1 aliphatic heterocycles. The number of ether oxygens (including phenoxy) is 1. The van der Waals surface area contributed by atoms with Crippen LogP contribution in [0.15, 0.2) is 24.4 Å². The summed E-state index contributed by atoms with van der Waals surface area (Å²) in [5.74, 6) is -2.86. The van der Waals surface area contributed by atoms with Crippen LogP contribution in [-0.2, 0) is 22.6 Å². The number of hydrogen-bond acceptors (Lipinski definition) is 7. The zero-order valence-electron chi connectivity index (χ0n) is 16.6. The van der Waals surface area contributed by atoms with Crippen molar-refractivity contribution in [2.24, 2.45) is 5.92 Å². The molecule has 12 heteroatoms. The second kappa shape index (κ2) is 10.4. The molecule has 0 saturated carbocycles. The van der Waals surface area contributed by atoms with Crippen molar-refractivity contribution in [1.82, 2.24) is 15.3 Å². The number of aliphatic carboxylic acids is 1. The minimum absolute atomic E-state index is 0.0983. The maximum absolute atomic E-state index is 11.6. The number of hydrogen-bond donors (Lipinski definition) is 3. The monoisotopic (exact) mass is 460 g/mol. The molecule has 0 fully saturated rings. The number of carbonyl (C=O) groups excluding carboxylic acids is 1. The molecule has 2 aromatic rings. The van der Waals surface area contributed by atoms with E-state index in [9.17, 15) is 18.0 Å². The molecule has 0 bridgehead atoms. The first-order valence-electron chi connectivity index (χ1n) is 9.11. The largest absolute Gasteiger partial charge is 0.490 e. The van der Waals surface area contributed by atoms with Crippen LogP contribution in [-0.4, -0.2) is 39.7 Å². The number of anilines is 2. The third-order valence-corrected chi connectivity index (χ3v) is 4.26. The number of aromatic nitrogens is 2. The van der Waals surface area contributed by atoms with E-state index in [1.165, 1.54) is 17.3 Å². The van der Waals surface area contributed by atoms with Gasteiger partial charge in [0.2, 0.25) is 5.95 Å². The average Bonchev–Trinajstić information content (AvgIpc) is 2.69. The number of rotatable bonds is 4. The number of carboxylic acid groups (broad SMARTS) is 1. The number of carbonyl (C=O) groups is 2. The number of halogens is 4. The summed E-state index contributed by atoms with van der Waals surface area (Å²) < 4.78 is 36.9. The molecule has 1 aromatic carbocycles. The highest BCUT2D eigenvalue weighted by atomic mass is 35.5. The predicted molar refractivity (Wildman–Crippen MR) is 106 cm³/mol. The summed E-state index contributed by atoms with van der Waals surface area (Å²) in [7, 11) is 0. The van der Waals surface area contributed by atoms with Crippen LogP contribution in [0.4, 0.5) is 24.8 Å². The summed E-state index contributed by atoms with van der Waals surface area (Å²) in [6, 6.07) is 6.18. The maximum atomic E-state index is 11.6. The van der Waals surface area contributed by atoms with Gasteiger partial charge >= 0.3 is 18.1 Å². The maximum Gasteiger partial charge on any atom is 0.490 e. The molecular formula is C19H20ClF3N4O4. The first kappa shape index (κ1) is 24.4. The number of fused-ring (bicyclic) bond motifs is 1. The molecule has 168 valence electrons. The fourth-order valence-electron chi connectivity index (χ4n) is 2.39. The second-order valence-corrected chi connectivity index (χ2v) is 7.12. The van der Waals surface area contributed by atoms with Crippen molar-refractivity contribution in [3.63, 3.8) is 0 Å². The molecular weight excluding hydrogens is 441 g/mol. The van der Waals surface area contributed by atoms with Gasteiger partial charge in [0.05, 0.1) is 12.1 Å². The molecule has 31 heavy (non-hydrogen) atoms. The van der Waals surface area contributed by atoms with Gasteiger partial charge in [-0.3, -0.25) is 4.79 Å². The molecule has 0 unspecified atom stereocenters. The lowest BCUT2D eigenvalue weighted by atomic mass is 10.0. The Hall–Kier alpha value is -2.92. The van der Waals surface area contributed by atoms with Crippen LogP contribution >= 0.6 is 11.6 Å². The Labute approximate surface area is 180 Å². The first-order valence-corrected chi connectivity index (χ1v) is 9.49. The third-order valence-electron chi connectivity index (χ3n) is 3.98. The number of carboxylic acids is 1. The minimum atomic E-state index is -5.08. The van der Waals surface area contributed by atoms with E-state index < -0.39 is 12.1 Å². The van der Waals surface area contributed by atoms with E-state index in [1.807, 2.05) is 6.07 Å². The van der Waals surface area contributed by atoms with Crippen molar-refractivity contribution in [3.8, 4) is 5.75 Å². The molecule has 2 heterocycles. The quantitative estimate of drug-likeness (QED) is 0.467. The number of benzene rings is 1. The number of esters is 1. The normalized spacial score (nSPS) is 13.0. The first-order chi connectivity index (χ1) is 14.5. The molecule has 0 amide bonds. The molecule has 1 aromatic heterocycles. The Bertz CT molecular complexity index is 954. The summed E-state index contributed by atoms with van der Waals surface area (Å²) in [5.41, 5.74) is 3.51. The molecule has 8 nitrogen and oxygen atoms in total. The fourth-order valence-corrected chi connectivity index (χ4v) is 2.56. The van der Waals surface area contributed by atoms with E-state index >= 15 is 0 Å². The van der Waals surface area contributed by atoms with E-state index in [0.29, 0.717) is 5.95 Å². The lowest BCUT2D eigenvalue weighted by Crippen LogP contribution is -2.23. The Kier molecular flexibility index (Phi) is 8.17. The molecule has 0 spiro atoms. The summed E-state index contributed by atoms with van der Waals surface area (Å²) in [6.07, 6.45) is -2.65. The number of nitrogens with one attached hydrogen (secondary N) is 2. The van der Waals surface area contributed by atoms with E-state index in [1.54, 1.807) is 13.8 Å². The van der Waals surface area contributed by atoms with Gasteiger partial charge in [-0.25, -0.2) is 9.78 Å². The van der Waals surface area contributed by atoms with E-state index in [4.69, 9.17) is 26.2 Å². The lowest BCUT2D eigenvalue weighted by Gasteiger charge is -2.18. The topological polar surface area (TPSA) is 113 Å². The van der Waals surface area contributed by atoms with Crippen LogP contribution < -0.4 is 15.4 Å². The smallest absolute Gasteiger partial charge is 0.475 e. The third kappa shape index (κ3) is 7.37. The predicted octanol–water partition coefficient (Wildman–Crippen LogP) is 3.71. The van der Waals surface area contributed by atoms with Crippen LogP contribution in [0.3, 0.4) is 0 Å². The molecule has 0 aliphatic carbocycles. The Morgan fingerprint density at radius 3 is 2.55 bits per heavy atom. The summed E-state index contributed by atoms with van der Waals surface area (Å²) in [6.45, 7) is 5.36. The van der Waals surface area contributed by atoms with Crippen molar-refractivity contribution in [2.45, 2.75) is 33.0 Å². The molecule has 3 N–H and O–H groups in total. The van der Waals surface area contributed by atoms with Crippen LogP contribution in [0.5, 0.6) is 5.75 Å². The van der Waals surface area contributed by atoms with Gasteiger partial charge in [0.25, 0.3) is 0 Å². The van der Waals surface area contributed by atoms with Crippen LogP contribution in [0.1, 0.15) is 25.0 Å². The molecule has 0 radical (unpaired) electrons. The Morgan fingerprint density at radius 1 is 1.29 bits per heavy atom. The van der Waals surface area contributed by atoms with Crippen LogP contribution in [0, 0.1) is 5.92 Å². The van der Waals surface area contributed by atoms with Crippen LogP contribution in [0.25, 0.3) is 0 Å². The Morgan fingerprint density at radius 2 is 1.97 bits per heavy atom. The standard InChI is InChI=1S/C17H19ClN4O2.C2HF3O2/c1-10(2)16(23)24-14-9-20-17(22-15(14)18)21-13-4-3-11-5-6-19-8-12(11)7-13;3-2(4,5)1(6)7/h3-4,7,9-10,19H,5-6,8H2,1-2H3,(H,20,21,22);(H,6,7). The van der Waals surface area contributed by atoms with E-state index in [-0.39, 0.29) is 22.8 Å². The van der Waals surface area contributed by atoms with Gasteiger partial charge in [0.15, 0.2) is 10.9 Å². The molecule has 3 rings (SSSR count). The average molecular weight is 461 g/mol. The summed E-state index contributed by atoms with van der Waals surface area (Å²) in [5, 5.41) is 13.7. The van der Waals surface area contributed by atoms with Crippen LogP contribution in [0.2, 0.25) is 5.15 Å². The SMILES string of the molecule is CC(C)C(=O)Oc1cnc(Nc2ccc3c(c2)CNCC3)nc1Cl.O=C(O)C(F)(F)F. The summed E-state index contributed by atoms with van der Waals surface area (Å²) >= 11 is 6.08. The number of alkyl halides is 3. The lowest BCUT2D eigenvalue weighted by molar-refractivity contribution is -0.192. The van der Waals surface area contributed by atoms with Crippen molar-refractivity contribution in [2.75, 3.05) is 11.9 Å². The zero-order valence-corrected chi connectivity index (χ0v) is 17.3. The van der Waals surface area contributed by atoms with Crippen molar-refractivity contribution < 1.29 is 32.6 Å². The van der Waals surface area contributed by atoms with Gasteiger partial charge in [-0.05, 0) is 36.2 Å². The zero-order chi connectivity index (χ0) is 23.2. The second-order valence-electron chi connectivity index (χ2n) is 6.76. The van der Waals surface area contributed by atoms with Gasteiger partial charge in [-0.1, -0.05) is 31.5 Å². The van der Waals surface area contributed by atoms with E-state index in [0.717, 1.165) is 25.2 Å². The molecule has 0 saturated heterocycles. The number of nitrogens with zero attached hydrogens (tertiary/aromatic N) is 2. The Balaban J connectivity index is 0.000000423. The van der Waals surface area contributed by atoms with Gasteiger partial charge < -0.3 is 20.5 Å². The fraction of sp³-hybridized carbons (Fsp3) is 0.368. The van der Waals surface area contributed by atoms with E-state index in [2.05, 4.69) is 32.7 Å². The van der Waals surface area contributed by atoms with Gasteiger partial charge in [0.1, 0.15) is 0 Å². The van der Waals surface area contributed by atoms with Gasteiger partial charge in [-0.15, -0.1) is 0 Å². The molecule has 0 atom stereocenters. The highest BCUT2D eigenvalue weighted by Crippen LogP contribution is 2.25. The van der Waals surface area contributed by atoms with Crippen molar-refractivity contribution in [1.29, 1.82) is 0 Å². The molecule has 1 aliphatic rings. The van der Waals surface area contributed by atoms with Crippen molar-refractivity contribution in [3.05, 3.63) is 40.7 Å². The minimum Gasteiger partial charge on any atom is -0.475 e. The highest BCUT2D eigenvalue weighted by Gasteiger charge is 2.38.